The van der Waals surface area contributed by atoms with Crippen LogP contribution in [0.1, 0.15) is 36.5 Å². The molecule has 0 aliphatic heterocycles. The largest absolute Gasteiger partial charge is 0.512 e. The van der Waals surface area contributed by atoms with Crippen molar-refractivity contribution in [3.05, 3.63) is 69.0 Å². The zero-order valence-electron chi connectivity index (χ0n) is 15.2. The molecular weight excluding hydrogens is 391 g/mol. The highest BCUT2D eigenvalue weighted by Crippen LogP contribution is 2.39. The van der Waals surface area contributed by atoms with E-state index in [4.69, 9.17) is 4.74 Å². The lowest BCUT2D eigenvalue weighted by molar-refractivity contribution is -0.385. The quantitative estimate of drug-likeness (QED) is 0.515. The minimum absolute atomic E-state index is 0.0395. The molecule has 9 heteroatoms. The third-order valence-corrected chi connectivity index (χ3v) is 4.60. The monoisotopic (exact) mass is 407 g/mol. The van der Waals surface area contributed by atoms with Crippen LogP contribution in [-0.2, 0) is 17.4 Å². The molecule has 1 aliphatic rings. The number of aliphatic hydroxyl groups excluding tert-OH is 1. The summed E-state index contributed by atoms with van der Waals surface area (Å²) in [5, 5.41) is 21.3. The smallest absolute Gasteiger partial charge is 0.416 e. The van der Waals surface area contributed by atoms with E-state index in [2.05, 4.69) is 0 Å². The number of aryl methyl sites for hydroxylation is 1. The van der Waals surface area contributed by atoms with Gasteiger partial charge in [-0.3, -0.25) is 14.9 Å². The first kappa shape index (κ1) is 20.4. The van der Waals surface area contributed by atoms with Gasteiger partial charge in [0.1, 0.15) is 11.5 Å². The van der Waals surface area contributed by atoms with Crippen LogP contribution in [0.15, 0.2) is 42.2 Å². The number of Topliss-reactive ketones (excluding diaryl/α,β-unsaturated/α-hetero) is 1. The number of halogens is 3. The second-order valence-corrected chi connectivity index (χ2v) is 6.46. The molecule has 0 heterocycles. The number of benzene rings is 2. The number of nitro benzene ring substituents is 1. The molecule has 152 valence electrons. The van der Waals surface area contributed by atoms with Gasteiger partial charge in [0, 0.05) is 18.9 Å². The number of ketones is 1. The van der Waals surface area contributed by atoms with Gasteiger partial charge in [-0.2, -0.15) is 13.2 Å². The van der Waals surface area contributed by atoms with Crippen LogP contribution in [0.3, 0.4) is 0 Å². The topological polar surface area (TPSA) is 89.7 Å². The minimum atomic E-state index is -4.73. The molecule has 3 rings (SSSR count). The van der Waals surface area contributed by atoms with Gasteiger partial charge in [0.2, 0.25) is 5.75 Å². The zero-order valence-corrected chi connectivity index (χ0v) is 15.2. The first-order chi connectivity index (χ1) is 13.6. The molecule has 2 aromatic carbocycles. The molecule has 0 fully saturated rings. The number of nitrogens with zero attached hydrogens (tertiary/aromatic N) is 1. The van der Waals surface area contributed by atoms with E-state index in [0.29, 0.717) is 24.1 Å². The summed E-state index contributed by atoms with van der Waals surface area (Å²) in [5.74, 6) is -0.536. The zero-order chi connectivity index (χ0) is 21.3. The maximum atomic E-state index is 12.8. The average Bonchev–Trinajstić information content (AvgIpc) is 2.99. The predicted octanol–water partition coefficient (Wildman–Crippen LogP) is 5.60. The molecule has 1 N–H and O–H groups in total. The van der Waals surface area contributed by atoms with Crippen LogP contribution in [0.4, 0.5) is 18.9 Å². The Hall–Kier alpha value is -3.36. The maximum Gasteiger partial charge on any atom is 0.416 e. The van der Waals surface area contributed by atoms with Crippen LogP contribution in [0.25, 0.3) is 5.57 Å². The first-order valence-corrected chi connectivity index (χ1v) is 8.74. The van der Waals surface area contributed by atoms with Crippen LogP contribution >= 0.6 is 0 Å². The van der Waals surface area contributed by atoms with E-state index in [0.717, 1.165) is 11.6 Å². The number of hydrogen-bond donors (Lipinski definition) is 1. The van der Waals surface area contributed by atoms with Crippen molar-refractivity contribution in [1.82, 2.24) is 0 Å². The minimum Gasteiger partial charge on any atom is -0.512 e. The van der Waals surface area contributed by atoms with Crippen molar-refractivity contribution in [2.75, 3.05) is 0 Å². The van der Waals surface area contributed by atoms with E-state index in [1.54, 1.807) is 6.07 Å². The highest BCUT2D eigenvalue weighted by Gasteiger charge is 2.33. The van der Waals surface area contributed by atoms with Crippen molar-refractivity contribution in [2.45, 2.75) is 32.4 Å². The van der Waals surface area contributed by atoms with Gasteiger partial charge in [-0.05, 0) is 41.8 Å². The standard InChI is InChI=1S/C20H16F3NO5/c1-2-11-3-5-13(10-14(11)19-16(25)6-7-17(19)26)29-18-8-4-12(20(21,22)23)9-15(18)24(27)28/h3-5,8-10,25H,2,6-7H2,1H3. The van der Waals surface area contributed by atoms with Crippen LogP contribution in [0.5, 0.6) is 11.5 Å². The van der Waals surface area contributed by atoms with Gasteiger partial charge < -0.3 is 9.84 Å². The predicted molar refractivity (Wildman–Crippen MR) is 97.8 cm³/mol. The van der Waals surface area contributed by atoms with E-state index in [1.807, 2.05) is 6.92 Å². The SMILES string of the molecule is CCc1ccc(Oc2ccc(C(F)(F)F)cc2[N+](=O)[O-])cc1C1=C(O)CCC1=O. The number of carbonyl (C=O) groups is 1. The summed E-state index contributed by atoms with van der Waals surface area (Å²) in [6, 6.07) is 6.58. The van der Waals surface area contributed by atoms with E-state index in [-0.39, 0.29) is 41.5 Å². The van der Waals surface area contributed by atoms with Crippen LogP contribution < -0.4 is 4.74 Å². The Bertz CT molecular complexity index is 1030. The fourth-order valence-corrected chi connectivity index (χ4v) is 3.16. The molecule has 6 nitrogen and oxygen atoms in total. The molecule has 0 aromatic heterocycles. The van der Waals surface area contributed by atoms with Gasteiger partial charge in [0.05, 0.1) is 16.1 Å². The van der Waals surface area contributed by atoms with E-state index >= 15 is 0 Å². The summed E-state index contributed by atoms with van der Waals surface area (Å²) in [5.41, 5.74) is -0.616. The maximum absolute atomic E-state index is 12.8. The number of carbonyl (C=O) groups excluding carboxylic acids is 1. The Labute approximate surface area is 163 Å². The van der Waals surface area contributed by atoms with Crippen molar-refractivity contribution in [1.29, 1.82) is 0 Å². The second-order valence-electron chi connectivity index (χ2n) is 6.46. The summed E-state index contributed by atoms with van der Waals surface area (Å²) in [6.07, 6.45) is -3.77. The summed E-state index contributed by atoms with van der Waals surface area (Å²) < 4.78 is 44.0. The lowest BCUT2D eigenvalue weighted by Crippen LogP contribution is -2.06. The Morgan fingerprint density at radius 1 is 1.17 bits per heavy atom. The Morgan fingerprint density at radius 3 is 2.45 bits per heavy atom. The summed E-state index contributed by atoms with van der Waals surface area (Å²) in [4.78, 5) is 22.4. The third-order valence-electron chi connectivity index (χ3n) is 4.60. The number of hydrogen-bond acceptors (Lipinski definition) is 5. The second kappa shape index (κ2) is 7.57. The molecule has 0 bridgehead atoms. The molecule has 0 spiro atoms. The third kappa shape index (κ3) is 4.08. The first-order valence-electron chi connectivity index (χ1n) is 8.74. The molecule has 29 heavy (non-hydrogen) atoms. The molecule has 0 atom stereocenters. The normalized spacial score (nSPS) is 14.4. The Morgan fingerprint density at radius 2 is 1.90 bits per heavy atom. The molecule has 2 aromatic rings. The molecule has 0 saturated carbocycles. The van der Waals surface area contributed by atoms with Crippen LogP contribution in [0.2, 0.25) is 0 Å². The van der Waals surface area contributed by atoms with Crippen molar-refractivity contribution in [3.63, 3.8) is 0 Å². The Balaban J connectivity index is 2.03. The van der Waals surface area contributed by atoms with Gasteiger partial charge in [0.25, 0.3) is 0 Å². The van der Waals surface area contributed by atoms with Crippen LogP contribution in [0, 0.1) is 10.1 Å². The molecule has 0 radical (unpaired) electrons. The van der Waals surface area contributed by atoms with Crippen molar-refractivity contribution in [3.8, 4) is 11.5 Å². The highest BCUT2D eigenvalue weighted by molar-refractivity contribution is 6.23. The van der Waals surface area contributed by atoms with E-state index in [9.17, 15) is 33.2 Å². The molecule has 0 amide bonds. The van der Waals surface area contributed by atoms with Gasteiger partial charge in [-0.1, -0.05) is 13.0 Å². The molecule has 0 saturated heterocycles. The van der Waals surface area contributed by atoms with E-state index in [1.165, 1.54) is 12.1 Å². The summed E-state index contributed by atoms with van der Waals surface area (Å²) in [6.45, 7) is 1.86. The number of allylic oxidation sites excluding steroid dienone is 2. The number of rotatable bonds is 5. The molecule has 0 unspecified atom stereocenters. The summed E-state index contributed by atoms with van der Waals surface area (Å²) in [7, 11) is 0. The lowest BCUT2D eigenvalue weighted by Gasteiger charge is -2.13. The molecular formula is C20H16F3NO5. The van der Waals surface area contributed by atoms with Crippen molar-refractivity contribution < 1.29 is 32.7 Å². The average molecular weight is 407 g/mol. The number of ether oxygens (including phenoxy) is 1. The lowest BCUT2D eigenvalue weighted by atomic mass is 9.96. The summed E-state index contributed by atoms with van der Waals surface area (Å²) >= 11 is 0. The number of nitro groups is 1. The van der Waals surface area contributed by atoms with Crippen molar-refractivity contribution in [2.24, 2.45) is 0 Å². The van der Waals surface area contributed by atoms with Gasteiger partial charge in [-0.25, -0.2) is 0 Å². The van der Waals surface area contributed by atoms with Crippen molar-refractivity contribution >= 4 is 17.0 Å². The fourth-order valence-electron chi connectivity index (χ4n) is 3.16. The Kier molecular flexibility index (Phi) is 5.32. The van der Waals surface area contributed by atoms with Gasteiger partial charge in [-0.15, -0.1) is 0 Å². The van der Waals surface area contributed by atoms with Gasteiger partial charge in [0.15, 0.2) is 5.78 Å². The number of aliphatic hydroxyl groups is 1. The van der Waals surface area contributed by atoms with Gasteiger partial charge >= 0.3 is 11.9 Å². The molecule has 1 aliphatic carbocycles. The number of alkyl halides is 3. The van der Waals surface area contributed by atoms with Crippen LogP contribution in [-0.4, -0.2) is 15.8 Å². The fraction of sp³-hybridized carbons (Fsp3) is 0.250. The van der Waals surface area contributed by atoms with E-state index < -0.39 is 22.4 Å². The highest BCUT2D eigenvalue weighted by atomic mass is 19.4.